The van der Waals surface area contributed by atoms with Gasteiger partial charge in [-0.2, -0.15) is 0 Å². The Labute approximate surface area is 159 Å². The molecule has 0 bridgehead atoms. The van der Waals surface area contributed by atoms with Crippen LogP contribution in [-0.2, 0) is 11.2 Å². The van der Waals surface area contributed by atoms with Gasteiger partial charge in [0.25, 0.3) is 0 Å². The van der Waals surface area contributed by atoms with Crippen LogP contribution in [-0.4, -0.2) is 15.9 Å². The van der Waals surface area contributed by atoms with Crippen LogP contribution in [0, 0.1) is 12.8 Å². The topological polar surface area (TPSA) is 57.8 Å². The third kappa shape index (κ3) is 4.45. The Bertz CT molecular complexity index is 959. The van der Waals surface area contributed by atoms with E-state index in [2.05, 4.69) is 46.5 Å². The van der Waals surface area contributed by atoms with Crippen molar-refractivity contribution in [2.24, 2.45) is 5.92 Å². The number of aromatic amines is 1. The van der Waals surface area contributed by atoms with E-state index in [0.29, 0.717) is 0 Å². The van der Waals surface area contributed by atoms with Gasteiger partial charge in [-0.15, -0.1) is 0 Å². The average molecular weight is 359 g/mol. The fourth-order valence-electron chi connectivity index (χ4n) is 3.83. The van der Waals surface area contributed by atoms with Crippen LogP contribution in [0.1, 0.15) is 36.8 Å². The predicted octanol–water partition coefficient (Wildman–Crippen LogP) is 5.17. The third-order valence-electron chi connectivity index (χ3n) is 5.42. The zero-order chi connectivity index (χ0) is 18.6. The molecule has 0 unspecified atom stereocenters. The minimum Gasteiger partial charge on any atom is -0.345 e. The number of carbonyl (C=O) groups excluding carboxylic acids is 1. The van der Waals surface area contributed by atoms with Gasteiger partial charge in [0, 0.05) is 11.8 Å². The monoisotopic (exact) mass is 359 g/mol. The normalized spacial score (nSPS) is 17.1. The van der Waals surface area contributed by atoms with Crippen molar-refractivity contribution < 1.29 is 4.79 Å². The summed E-state index contributed by atoms with van der Waals surface area (Å²) in [6.45, 7) is 2.12. The molecule has 2 N–H and O–H groups in total. The van der Waals surface area contributed by atoms with E-state index in [1.165, 1.54) is 16.7 Å². The van der Waals surface area contributed by atoms with E-state index in [1.807, 2.05) is 18.2 Å². The number of hydrogen-bond donors (Lipinski definition) is 2. The number of anilines is 1. The number of rotatable bonds is 4. The lowest BCUT2D eigenvalue weighted by Crippen LogP contribution is -2.14. The molecule has 1 aliphatic rings. The lowest BCUT2D eigenvalue weighted by molar-refractivity contribution is -0.112. The lowest BCUT2D eigenvalue weighted by Gasteiger charge is -2.24. The van der Waals surface area contributed by atoms with Crippen molar-refractivity contribution >= 4 is 22.6 Å². The molecular formula is C23H25N3O. The molecule has 1 aliphatic carbocycles. The van der Waals surface area contributed by atoms with Crippen molar-refractivity contribution in [2.45, 2.75) is 39.0 Å². The number of amides is 1. The first kappa shape index (κ1) is 17.5. The fourth-order valence-corrected chi connectivity index (χ4v) is 3.83. The number of nitrogens with one attached hydrogen (secondary N) is 2. The van der Waals surface area contributed by atoms with Crippen LogP contribution in [0.15, 0.2) is 60.4 Å². The van der Waals surface area contributed by atoms with Gasteiger partial charge in [0.05, 0.1) is 17.4 Å². The first-order valence-corrected chi connectivity index (χ1v) is 9.65. The number of fused-ring (bicyclic) bond motifs is 1. The van der Waals surface area contributed by atoms with Crippen LogP contribution in [0.4, 0.5) is 5.69 Å². The predicted molar refractivity (Wildman–Crippen MR) is 110 cm³/mol. The lowest BCUT2D eigenvalue weighted by atomic mass is 9.82. The maximum Gasteiger partial charge on any atom is 0.248 e. The molecule has 4 rings (SSSR count). The van der Waals surface area contributed by atoms with Gasteiger partial charge in [0.2, 0.25) is 5.91 Å². The number of benzene rings is 2. The number of aryl methyl sites for hydroxylation is 1. The Morgan fingerprint density at radius 3 is 2.74 bits per heavy atom. The van der Waals surface area contributed by atoms with E-state index in [0.717, 1.165) is 54.7 Å². The smallest absolute Gasteiger partial charge is 0.248 e. The molecule has 1 fully saturated rings. The average Bonchev–Trinajstić information content (AvgIpc) is 3.13. The fraction of sp³-hybridized carbons (Fsp3) is 0.304. The van der Waals surface area contributed by atoms with Gasteiger partial charge in [-0.1, -0.05) is 35.4 Å². The number of hydrogen-bond acceptors (Lipinski definition) is 2. The standard InChI is InChI=1S/C23H25N3O/c1-16-2-4-17(5-3-16)12-18-6-8-19(9-7-18)13-23(27)26-20-10-11-21-22(14-20)25-15-24-21/h2-5,10-11,13-15,18H,6-9,12H2,1H3,(H,24,25)(H,26,27). The number of imidazole rings is 1. The Morgan fingerprint density at radius 2 is 1.96 bits per heavy atom. The molecule has 138 valence electrons. The summed E-state index contributed by atoms with van der Waals surface area (Å²) in [5.41, 5.74) is 6.61. The molecule has 1 heterocycles. The first-order valence-electron chi connectivity index (χ1n) is 9.65. The SMILES string of the molecule is Cc1ccc(CC2CCC(=CC(=O)Nc3ccc4nc[nH]c4c3)CC2)cc1. The van der Waals surface area contributed by atoms with E-state index in [4.69, 9.17) is 0 Å². The number of nitrogens with zero attached hydrogens (tertiary/aromatic N) is 1. The zero-order valence-corrected chi connectivity index (χ0v) is 15.7. The second-order valence-electron chi connectivity index (χ2n) is 7.56. The highest BCUT2D eigenvalue weighted by atomic mass is 16.1. The summed E-state index contributed by atoms with van der Waals surface area (Å²) in [5, 5.41) is 2.96. The van der Waals surface area contributed by atoms with E-state index in [-0.39, 0.29) is 5.91 Å². The van der Waals surface area contributed by atoms with Crippen molar-refractivity contribution in [3.05, 3.63) is 71.6 Å². The highest BCUT2D eigenvalue weighted by Gasteiger charge is 2.17. The molecule has 3 aromatic rings. The van der Waals surface area contributed by atoms with E-state index < -0.39 is 0 Å². The maximum atomic E-state index is 12.3. The molecule has 1 amide bonds. The van der Waals surface area contributed by atoms with Gasteiger partial charge in [-0.05, 0) is 68.7 Å². The van der Waals surface area contributed by atoms with Gasteiger partial charge in [-0.25, -0.2) is 4.98 Å². The Kier molecular flexibility index (Phi) is 5.05. The van der Waals surface area contributed by atoms with Crippen molar-refractivity contribution in [3.63, 3.8) is 0 Å². The number of allylic oxidation sites excluding steroid dienone is 1. The van der Waals surface area contributed by atoms with Crippen LogP contribution >= 0.6 is 0 Å². The largest absolute Gasteiger partial charge is 0.345 e. The van der Waals surface area contributed by atoms with Gasteiger partial charge in [0.1, 0.15) is 0 Å². The molecule has 0 spiro atoms. The summed E-state index contributed by atoms with van der Waals surface area (Å²) in [6, 6.07) is 14.6. The van der Waals surface area contributed by atoms with Crippen molar-refractivity contribution in [2.75, 3.05) is 5.32 Å². The molecule has 0 radical (unpaired) electrons. The summed E-state index contributed by atoms with van der Waals surface area (Å²) in [7, 11) is 0. The summed E-state index contributed by atoms with van der Waals surface area (Å²) in [6.07, 6.45) is 8.95. The molecule has 0 aliphatic heterocycles. The van der Waals surface area contributed by atoms with Gasteiger partial charge in [0.15, 0.2) is 0 Å². The Hall–Kier alpha value is -2.88. The van der Waals surface area contributed by atoms with Gasteiger partial charge >= 0.3 is 0 Å². The Balaban J connectivity index is 1.31. The summed E-state index contributed by atoms with van der Waals surface area (Å²) in [5.74, 6) is 0.677. The van der Waals surface area contributed by atoms with Crippen LogP contribution in [0.3, 0.4) is 0 Å². The van der Waals surface area contributed by atoms with Crippen molar-refractivity contribution in [1.29, 1.82) is 0 Å². The zero-order valence-electron chi connectivity index (χ0n) is 15.7. The van der Waals surface area contributed by atoms with Gasteiger partial charge < -0.3 is 10.3 Å². The second-order valence-corrected chi connectivity index (χ2v) is 7.56. The van der Waals surface area contributed by atoms with Crippen LogP contribution in [0.2, 0.25) is 0 Å². The molecule has 2 aromatic carbocycles. The number of aromatic nitrogens is 2. The van der Waals surface area contributed by atoms with Crippen LogP contribution < -0.4 is 5.32 Å². The molecule has 4 nitrogen and oxygen atoms in total. The minimum atomic E-state index is -0.0409. The molecule has 4 heteroatoms. The second kappa shape index (κ2) is 7.78. The number of H-pyrrole nitrogens is 1. The molecule has 0 saturated heterocycles. The summed E-state index contributed by atoms with van der Waals surface area (Å²) >= 11 is 0. The first-order chi connectivity index (χ1) is 13.2. The molecule has 27 heavy (non-hydrogen) atoms. The highest BCUT2D eigenvalue weighted by molar-refractivity contribution is 6.00. The van der Waals surface area contributed by atoms with Crippen molar-refractivity contribution in [1.82, 2.24) is 9.97 Å². The van der Waals surface area contributed by atoms with E-state index in [9.17, 15) is 4.79 Å². The van der Waals surface area contributed by atoms with Crippen LogP contribution in [0.5, 0.6) is 0 Å². The quantitative estimate of drug-likeness (QED) is 0.632. The Morgan fingerprint density at radius 1 is 1.19 bits per heavy atom. The van der Waals surface area contributed by atoms with E-state index in [1.54, 1.807) is 12.4 Å². The summed E-state index contributed by atoms with van der Waals surface area (Å²) < 4.78 is 0. The van der Waals surface area contributed by atoms with E-state index >= 15 is 0 Å². The van der Waals surface area contributed by atoms with Gasteiger partial charge in [-0.3, -0.25) is 4.79 Å². The summed E-state index contributed by atoms with van der Waals surface area (Å²) in [4.78, 5) is 19.6. The molecular weight excluding hydrogens is 334 g/mol. The highest BCUT2D eigenvalue weighted by Crippen LogP contribution is 2.30. The maximum absolute atomic E-state index is 12.3. The van der Waals surface area contributed by atoms with Crippen molar-refractivity contribution in [3.8, 4) is 0 Å². The third-order valence-corrected chi connectivity index (χ3v) is 5.42. The molecule has 1 aromatic heterocycles. The number of carbonyl (C=O) groups is 1. The molecule has 0 atom stereocenters. The van der Waals surface area contributed by atoms with Crippen LogP contribution in [0.25, 0.3) is 11.0 Å². The minimum absolute atomic E-state index is 0.0409. The molecule has 1 saturated carbocycles.